The number of aryl methyl sites for hydroxylation is 1. The number of rotatable bonds is 6. The molecule has 0 aliphatic rings. The summed E-state index contributed by atoms with van der Waals surface area (Å²) in [5.74, 6) is 0. The van der Waals surface area contributed by atoms with Gasteiger partial charge >= 0.3 is 0 Å². The summed E-state index contributed by atoms with van der Waals surface area (Å²) in [5, 5.41) is 7.45. The standard InChI is InChI=1S/C10H18BrN3O2/c1-5-14-9(7(11)6-13-14)8(12-2)10(15-3)16-4/h6,8,10,12H,5H2,1-4H3. The summed E-state index contributed by atoms with van der Waals surface area (Å²) >= 11 is 3.49. The highest BCUT2D eigenvalue weighted by atomic mass is 79.9. The zero-order valence-electron chi connectivity index (χ0n) is 10.0. The molecule has 0 radical (unpaired) electrons. The fourth-order valence-electron chi connectivity index (χ4n) is 1.70. The molecule has 1 aromatic heterocycles. The number of aromatic nitrogens is 2. The second-order valence-electron chi connectivity index (χ2n) is 3.30. The molecule has 0 aliphatic carbocycles. The van der Waals surface area contributed by atoms with E-state index < -0.39 is 0 Å². The summed E-state index contributed by atoms with van der Waals surface area (Å²) in [6, 6.07) is -0.0631. The zero-order valence-corrected chi connectivity index (χ0v) is 11.6. The van der Waals surface area contributed by atoms with E-state index in [2.05, 4.69) is 26.3 Å². The molecule has 0 saturated carbocycles. The molecule has 0 aliphatic heterocycles. The van der Waals surface area contributed by atoms with Gasteiger partial charge in [0.2, 0.25) is 0 Å². The maximum atomic E-state index is 5.28. The highest BCUT2D eigenvalue weighted by molar-refractivity contribution is 9.10. The van der Waals surface area contributed by atoms with Crippen LogP contribution in [-0.4, -0.2) is 37.3 Å². The fraction of sp³-hybridized carbons (Fsp3) is 0.700. The lowest BCUT2D eigenvalue weighted by molar-refractivity contribution is -0.124. The third-order valence-corrected chi connectivity index (χ3v) is 3.09. The fourth-order valence-corrected chi connectivity index (χ4v) is 2.25. The van der Waals surface area contributed by atoms with Crippen molar-refractivity contribution >= 4 is 15.9 Å². The Bertz CT molecular complexity index is 326. The first-order valence-electron chi connectivity index (χ1n) is 5.13. The topological polar surface area (TPSA) is 48.3 Å². The van der Waals surface area contributed by atoms with E-state index in [4.69, 9.17) is 9.47 Å². The zero-order chi connectivity index (χ0) is 12.1. The summed E-state index contributed by atoms with van der Waals surface area (Å²) in [6.07, 6.45) is 1.44. The van der Waals surface area contributed by atoms with Crippen LogP contribution in [0.25, 0.3) is 0 Å². The quantitative estimate of drug-likeness (QED) is 0.808. The highest BCUT2D eigenvalue weighted by Crippen LogP contribution is 2.26. The molecule has 1 N–H and O–H groups in total. The Morgan fingerprint density at radius 2 is 2.12 bits per heavy atom. The lowest BCUT2D eigenvalue weighted by Crippen LogP contribution is -2.34. The molecule has 1 rings (SSSR count). The van der Waals surface area contributed by atoms with Gasteiger partial charge in [0, 0.05) is 20.8 Å². The second-order valence-corrected chi connectivity index (χ2v) is 4.15. The van der Waals surface area contributed by atoms with Crippen molar-refractivity contribution in [3.05, 3.63) is 16.4 Å². The van der Waals surface area contributed by atoms with Crippen molar-refractivity contribution in [2.75, 3.05) is 21.3 Å². The monoisotopic (exact) mass is 291 g/mol. The van der Waals surface area contributed by atoms with E-state index in [9.17, 15) is 0 Å². The minimum atomic E-state index is -0.344. The molecule has 0 fully saturated rings. The Labute approximate surface area is 104 Å². The molecule has 0 saturated heterocycles. The molecule has 1 heterocycles. The van der Waals surface area contributed by atoms with Gasteiger partial charge in [0.1, 0.15) is 6.04 Å². The van der Waals surface area contributed by atoms with Crippen LogP contribution in [0, 0.1) is 0 Å². The van der Waals surface area contributed by atoms with Gasteiger partial charge in [0.25, 0.3) is 0 Å². The van der Waals surface area contributed by atoms with Crippen molar-refractivity contribution in [1.82, 2.24) is 15.1 Å². The van der Waals surface area contributed by atoms with Crippen molar-refractivity contribution in [2.24, 2.45) is 0 Å². The number of ether oxygens (including phenoxy) is 2. The summed E-state index contributed by atoms with van der Waals surface area (Å²) in [6.45, 7) is 2.85. The van der Waals surface area contributed by atoms with Gasteiger partial charge in [-0.2, -0.15) is 5.10 Å². The third-order valence-electron chi connectivity index (χ3n) is 2.48. The largest absolute Gasteiger partial charge is 0.354 e. The summed E-state index contributed by atoms with van der Waals surface area (Å²) < 4.78 is 13.4. The normalized spacial score (nSPS) is 13.4. The minimum absolute atomic E-state index is 0.0631. The molecule has 0 amide bonds. The Morgan fingerprint density at radius 1 is 1.50 bits per heavy atom. The van der Waals surface area contributed by atoms with E-state index in [1.54, 1.807) is 20.4 Å². The molecule has 0 bridgehead atoms. The van der Waals surface area contributed by atoms with Gasteiger partial charge in [-0.3, -0.25) is 4.68 Å². The van der Waals surface area contributed by atoms with Crippen LogP contribution >= 0.6 is 15.9 Å². The molecule has 92 valence electrons. The molecule has 16 heavy (non-hydrogen) atoms. The van der Waals surface area contributed by atoms with Crippen molar-refractivity contribution in [3.63, 3.8) is 0 Å². The van der Waals surface area contributed by atoms with Gasteiger partial charge in [-0.05, 0) is 29.9 Å². The van der Waals surface area contributed by atoms with E-state index in [0.717, 1.165) is 16.7 Å². The first-order chi connectivity index (χ1) is 7.69. The molecule has 1 atom stereocenters. The summed E-state index contributed by atoms with van der Waals surface area (Å²) in [4.78, 5) is 0. The summed E-state index contributed by atoms with van der Waals surface area (Å²) in [7, 11) is 5.12. The van der Waals surface area contributed by atoms with Gasteiger partial charge in [0.15, 0.2) is 6.29 Å². The van der Waals surface area contributed by atoms with Crippen molar-refractivity contribution in [1.29, 1.82) is 0 Å². The maximum absolute atomic E-state index is 5.28. The minimum Gasteiger partial charge on any atom is -0.354 e. The van der Waals surface area contributed by atoms with E-state index in [1.165, 1.54) is 0 Å². The molecule has 5 nitrogen and oxygen atoms in total. The molecule has 0 spiro atoms. The van der Waals surface area contributed by atoms with E-state index >= 15 is 0 Å². The van der Waals surface area contributed by atoms with Gasteiger partial charge in [-0.25, -0.2) is 0 Å². The highest BCUT2D eigenvalue weighted by Gasteiger charge is 2.26. The van der Waals surface area contributed by atoms with Gasteiger partial charge < -0.3 is 14.8 Å². The average molecular weight is 292 g/mol. The Hall–Kier alpha value is -0.430. The lowest BCUT2D eigenvalue weighted by Gasteiger charge is -2.25. The molecular formula is C10H18BrN3O2. The van der Waals surface area contributed by atoms with Gasteiger partial charge in [-0.15, -0.1) is 0 Å². The number of halogens is 1. The lowest BCUT2D eigenvalue weighted by atomic mass is 10.2. The molecule has 6 heteroatoms. The molecule has 1 aromatic rings. The number of nitrogens with one attached hydrogen (secondary N) is 1. The van der Waals surface area contributed by atoms with Gasteiger partial charge in [0.05, 0.1) is 16.4 Å². The van der Waals surface area contributed by atoms with Crippen LogP contribution in [0.2, 0.25) is 0 Å². The molecular weight excluding hydrogens is 274 g/mol. The maximum Gasteiger partial charge on any atom is 0.177 e. The van der Waals surface area contributed by atoms with E-state index in [1.807, 2.05) is 18.7 Å². The first-order valence-corrected chi connectivity index (χ1v) is 5.92. The smallest absolute Gasteiger partial charge is 0.177 e. The third kappa shape index (κ3) is 2.63. The summed E-state index contributed by atoms with van der Waals surface area (Å²) in [5.41, 5.74) is 1.03. The van der Waals surface area contributed by atoms with Gasteiger partial charge in [-0.1, -0.05) is 0 Å². The van der Waals surface area contributed by atoms with Crippen LogP contribution in [-0.2, 0) is 16.0 Å². The predicted octanol–water partition coefficient (Wildman–Crippen LogP) is 1.54. The van der Waals surface area contributed by atoms with Crippen LogP contribution in [0.4, 0.5) is 0 Å². The predicted molar refractivity (Wildman–Crippen MR) is 65.2 cm³/mol. The number of nitrogens with zero attached hydrogens (tertiary/aromatic N) is 2. The van der Waals surface area contributed by atoms with Crippen LogP contribution < -0.4 is 5.32 Å². The Morgan fingerprint density at radius 3 is 2.56 bits per heavy atom. The van der Waals surface area contributed by atoms with Crippen molar-refractivity contribution in [2.45, 2.75) is 25.8 Å². The SMILES string of the molecule is CCn1ncc(Br)c1C(NC)C(OC)OC. The molecule has 1 unspecified atom stereocenters. The number of methoxy groups -OCH3 is 2. The van der Waals surface area contributed by atoms with Crippen LogP contribution in [0.15, 0.2) is 10.7 Å². The van der Waals surface area contributed by atoms with E-state index in [0.29, 0.717) is 0 Å². The van der Waals surface area contributed by atoms with Crippen molar-refractivity contribution < 1.29 is 9.47 Å². The van der Waals surface area contributed by atoms with Crippen LogP contribution in [0.5, 0.6) is 0 Å². The Balaban J connectivity index is 3.06. The van der Waals surface area contributed by atoms with Crippen molar-refractivity contribution in [3.8, 4) is 0 Å². The molecule has 0 aromatic carbocycles. The first kappa shape index (κ1) is 13.6. The second kappa shape index (κ2) is 6.34. The Kier molecular flexibility index (Phi) is 5.40. The van der Waals surface area contributed by atoms with E-state index in [-0.39, 0.29) is 12.3 Å². The number of likely N-dealkylation sites (N-methyl/N-ethyl adjacent to an activating group) is 1. The number of hydrogen-bond acceptors (Lipinski definition) is 4. The number of hydrogen-bond donors (Lipinski definition) is 1. The van der Waals surface area contributed by atoms with Crippen LogP contribution in [0.1, 0.15) is 18.7 Å². The van der Waals surface area contributed by atoms with Crippen LogP contribution in [0.3, 0.4) is 0 Å². The average Bonchev–Trinajstić information content (AvgIpc) is 2.67.